The van der Waals surface area contributed by atoms with Crippen LogP contribution in [0.15, 0.2) is 24.3 Å². The van der Waals surface area contributed by atoms with Crippen molar-refractivity contribution < 1.29 is 9.47 Å². The molecule has 0 saturated carbocycles. The van der Waals surface area contributed by atoms with Crippen molar-refractivity contribution in [2.75, 3.05) is 13.2 Å². The van der Waals surface area contributed by atoms with E-state index < -0.39 is 0 Å². The van der Waals surface area contributed by atoms with Crippen molar-refractivity contribution in [2.24, 2.45) is 0 Å². The van der Waals surface area contributed by atoms with E-state index in [9.17, 15) is 0 Å². The molecule has 0 N–H and O–H groups in total. The van der Waals surface area contributed by atoms with Crippen molar-refractivity contribution in [3.8, 4) is 11.5 Å². The van der Waals surface area contributed by atoms with Crippen molar-refractivity contribution in [1.82, 2.24) is 0 Å². The highest BCUT2D eigenvalue weighted by molar-refractivity contribution is 7.14. The molecule has 0 fully saturated rings. The van der Waals surface area contributed by atoms with E-state index in [0.717, 1.165) is 17.9 Å². The van der Waals surface area contributed by atoms with Gasteiger partial charge < -0.3 is 9.47 Å². The van der Waals surface area contributed by atoms with Gasteiger partial charge in [-0.05, 0) is 63.3 Å². The fourth-order valence-corrected chi connectivity index (χ4v) is 8.97. The van der Waals surface area contributed by atoms with Crippen LogP contribution in [0.25, 0.3) is 0 Å². The van der Waals surface area contributed by atoms with Crippen molar-refractivity contribution in [3.05, 3.63) is 53.5 Å². The van der Waals surface area contributed by atoms with Gasteiger partial charge in [0.2, 0.25) is 0 Å². The first-order chi connectivity index (χ1) is 17.2. The van der Waals surface area contributed by atoms with E-state index in [1.807, 2.05) is 34.0 Å². The second kappa shape index (κ2) is 11.4. The Bertz CT molecular complexity index is 1170. The second-order valence-electron chi connectivity index (χ2n) is 12.0. The lowest BCUT2D eigenvalue weighted by molar-refractivity contribution is 0.287. The Morgan fingerprint density at radius 2 is 1.11 bits per heavy atom. The molecule has 0 saturated heterocycles. The van der Waals surface area contributed by atoms with Crippen LogP contribution >= 0.6 is 34.0 Å². The number of thiophene rings is 3. The molecule has 0 amide bonds. The molecule has 5 heteroatoms. The summed E-state index contributed by atoms with van der Waals surface area (Å²) >= 11 is 5.84. The molecule has 3 heterocycles. The molecule has 0 aliphatic carbocycles. The zero-order chi connectivity index (χ0) is 27.8. The minimum Gasteiger partial charge on any atom is -0.493 e. The molecular formula is C32H48O2S3. The lowest BCUT2D eigenvalue weighted by Crippen LogP contribution is -2.39. The van der Waals surface area contributed by atoms with E-state index in [2.05, 4.69) is 107 Å². The number of hydrogen-bond donors (Lipinski definition) is 0. The zero-order valence-corrected chi connectivity index (χ0v) is 27.6. The predicted octanol–water partition coefficient (Wildman–Crippen LogP) is 10.9. The molecule has 0 bridgehead atoms. The summed E-state index contributed by atoms with van der Waals surface area (Å²) in [7, 11) is 0. The molecule has 0 radical (unpaired) electrons. The molecule has 3 aromatic heterocycles. The van der Waals surface area contributed by atoms with Crippen LogP contribution in [0.2, 0.25) is 0 Å². The highest BCUT2D eigenvalue weighted by atomic mass is 32.1. The van der Waals surface area contributed by atoms with Crippen LogP contribution in [0.4, 0.5) is 0 Å². The molecular weight excluding hydrogens is 513 g/mol. The Morgan fingerprint density at radius 1 is 0.649 bits per heavy atom. The van der Waals surface area contributed by atoms with Gasteiger partial charge in [-0.3, -0.25) is 0 Å². The van der Waals surface area contributed by atoms with Gasteiger partial charge in [0.15, 0.2) is 0 Å². The Hall–Kier alpha value is -1.30. The molecule has 206 valence electrons. The summed E-state index contributed by atoms with van der Waals surface area (Å²) in [6.07, 6.45) is 1.03. The van der Waals surface area contributed by atoms with E-state index in [1.165, 1.54) is 29.3 Å². The van der Waals surface area contributed by atoms with Crippen LogP contribution < -0.4 is 9.47 Å². The highest BCUT2D eigenvalue weighted by Crippen LogP contribution is 2.54. The van der Waals surface area contributed by atoms with Crippen molar-refractivity contribution in [1.29, 1.82) is 0 Å². The molecule has 2 nitrogen and oxygen atoms in total. The van der Waals surface area contributed by atoms with Crippen LogP contribution in [0.1, 0.15) is 131 Å². The standard InChI is InChI=1S/C32H48O2S3/c1-13-32(12,29-23(34-15-3)19-25(36-29)21(6)7)27-17-16-26(37-27)30(8,9)31(10,11)28-22(33-14-2)18-24(35-28)20(4)5/h16-21H,13-15H2,1-12H3. The zero-order valence-electron chi connectivity index (χ0n) is 25.1. The van der Waals surface area contributed by atoms with Crippen molar-refractivity contribution in [3.63, 3.8) is 0 Å². The first-order valence-corrected chi connectivity index (χ1v) is 16.3. The summed E-state index contributed by atoms with van der Waals surface area (Å²) < 4.78 is 12.4. The van der Waals surface area contributed by atoms with E-state index in [0.29, 0.717) is 25.0 Å². The van der Waals surface area contributed by atoms with Crippen LogP contribution in [0, 0.1) is 0 Å². The minimum absolute atomic E-state index is 0.0726. The van der Waals surface area contributed by atoms with Crippen LogP contribution in [-0.2, 0) is 16.2 Å². The fraction of sp³-hybridized carbons (Fsp3) is 0.625. The van der Waals surface area contributed by atoms with Gasteiger partial charge in [-0.1, -0.05) is 62.3 Å². The molecule has 3 aromatic rings. The Kier molecular flexibility index (Phi) is 9.35. The molecule has 0 aromatic carbocycles. The molecule has 37 heavy (non-hydrogen) atoms. The van der Waals surface area contributed by atoms with Gasteiger partial charge in [0.25, 0.3) is 0 Å². The lowest BCUT2D eigenvalue weighted by Gasteiger charge is -2.41. The third kappa shape index (κ3) is 5.56. The van der Waals surface area contributed by atoms with Gasteiger partial charge in [0.1, 0.15) is 11.5 Å². The third-order valence-corrected chi connectivity index (χ3v) is 13.4. The first-order valence-electron chi connectivity index (χ1n) is 13.9. The molecule has 1 atom stereocenters. The van der Waals surface area contributed by atoms with Crippen molar-refractivity contribution in [2.45, 2.75) is 118 Å². The topological polar surface area (TPSA) is 18.5 Å². The van der Waals surface area contributed by atoms with Gasteiger partial charge >= 0.3 is 0 Å². The largest absolute Gasteiger partial charge is 0.493 e. The maximum Gasteiger partial charge on any atom is 0.134 e. The Balaban J connectivity index is 2.08. The van der Waals surface area contributed by atoms with E-state index in [4.69, 9.17) is 9.47 Å². The molecule has 0 aliphatic heterocycles. The highest BCUT2D eigenvalue weighted by Gasteiger charge is 2.45. The van der Waals surface area contributed by atoms with Crippen LogP contribution in [-0.4, -0.2) is 13.2 Å². The Morgan fingerprint density at radius 3 is 1.57 bits per heavy atom. The van der Waals surface area contributed by atoms with Crippen molar-refractivity contribution >= 4 is 34.0 Å². The molecule has 1 unspecified atom stereocenters. The quantitative estimate of drug-likeness (QED) is 0.219. The minimum atomic E-state index is -0.0930. The van der Waals surface area contributed by atoms with E-state index in [1.54, 1.807) is 0 Å². The molecule has 3 rings (SSSR count). The number of ether oxygens (including phenoxy) is 2. The summed E-state index contributed by atoms with van der Waals surface area (Å²) in [5.41, 5.74) is -0.239. The van der Waals surface area contributed by atoms with Gasteiger partial charge in [-0.2, -0.15) is 0 Å². The summed E-state index contributed by atoms with van der Waals surface area (Å²) in [4.78, 5) is 8.37. The van der Waals surface area contributed by atoms with Gasteiger partial charge in [-0.15, -0.1) is 34.0 Å². The second-order valence-corrected chi connectivity index (χ2v) is 15.2. The average Bonchev–Trinajstić information content (AvgIpc) is 3.58. The number of hydrogen-bond acceptors (Lipinski definition) is 5. The normalized spacial score (nSPS) is 14.4. The average molecular weight is 561 g/mol. The SMILES string of the molecule is CCOc1cc(C(C)C)sc1C(C)(CC)c1ccc(C(C)(C)C(C)(C)c2sc(C(C)C)cc2OCC)s1. The predicted molar refractivity (Wildman–Crippen MR) is 166 cm³/mol. The van der Waals surface area contributed by atoms with E-state index in [-0.39, 0.29) is 16.2 Å². The summed E-state index contributed by atoms with van der Waals surface area (Å²) in [5.74, 6) is 3.12. The van der Waals surface area contributed by atoms with Gasteiger partial charge in [0.05, 0.1) is 23.0 Å². The smallest absolute Gasteiger partial charge is 0.134 e. The fourth-order valence-electron chi connectivity index (χ4n) is 4.71. The van der Waals surface area contributed by atoms with Crippen LogP contribution in [0.5, 0.6) is 11.5 Å². The van der Waals surface area contributed by atoms with Gasteiger partial charge in [0, 0.05) is 35.8 Å². The summed E-state index contributed by atoms with van der Waals surface area (Å²) in [5, 5.41) is 0. The maximum absolute atomic E-state index is 6.18. The monoisotopic (exact) mass is 560 g/mol. The van der Waals surface area contributed by atoms with E-state index >= 15 is 0 Å². The maximum atomic E-state index is 6.18. The first kappa shape index (κ1) is 30.2. The lowest BCUT2D eigenvalue weighted by atomic mass is 9.66. The third-order valence-electron chi connectivity index (χ3n) is 8.28. The van der Waals surface area contributed by atoms with Gasteiger partial charge in [-0.25, -0.2) is 0 Å². The molecule has 0 aliphatic rings. The summed E-state index contributed by atoms with van der Waals surface area (Å²) in [6.45, 7) is 29.0. The number of rotatable bonds is 12. The summed E-state index contributed by atoms with van der Waals surface area (Å²) in [6, 6.07) is 9.31. The Labute approximate surface area is 238 Å². The molecule has 0 spiro atoms. The van der Waals surface area contributed by atoms with Crippen LogP contribution in [0.3, 0.4) is 0 Å².